The van der Waals surface area contributed by atoms with E-state index < -0.39 is 0 Å². The van der Waals surface area contributed by atoms with Crippen molar-refractivity contribution in [3.8, 4) is 0 Å². The van der Waals surface area contributed by atoms with E-state index in [0.29, 0.717) is 11.0 Å². The molecule has 0 aliphatic carbocycles. The summed E-state index contributed by atoms with van der Waals surface area (Å²) in [5, 5.41) is 8.97. The Morgan fingerprint density at radius 2 is 2.13 bits per heavy atom. The van der Waals surface area contributed by atoms with Crippen LogP contribution in [0.3, 0.4) is 0 Å². The molecule has 15 heavy (non-hydrogen) atoms. The van der Waals surface area contributed by atoms with Gasteiger partial charge in [0.1, 0.15) is 0 Å². The number of aliphatic imine (C=N–C) groups is 1. The number of anilines is 1. The first-order chi connectivity index (χ1) is 7.25. The largest absolute Gasteiger partial charge is 0.374 e. The van der Waals surface area contributed by atoms with Gasteiger partial charge in [-0.05, 0) is 12.0 Å². The van der Waals surface area contributed by atoms with Crippen molar-refractivity contribution in [3.05, 3.63) is 17.2 Å². The van der Waals surface area contributed by atoms with Crippen molar-refractivity contribution < 1.29 is 0 Å². The molecule has 0 fully saturated rings. The second kappa shape index (κ2) is 5.60. The SMILES string of the molecule is CC.CC1C=CC(c2nnc(N)s2)=NC1. The van der Waals surface area contributed by atoms with Crippen molar-refractivity contribution in [2.75, 3.05) is 12.3 Å². The smallest absolute Gasteiger partial charge is 0.203 e. The molecule has 1 aromatic rings. The predicted molar refractivity (Wildman–Crippen MR) is 65.4 cm³/mol. The number of nitrogen functional groups attached to an aromatic ring is 1. The number of aromatic nitrogens is 2. The van der Waals surface area contributed by atoms with Gasteiger partial charge in [-0.15, -0.1) is 10.2 Å². The summed E-state index contributed by atoms with van der Waals surface area (Å²) in [6, 6.07) is 0. The third-order valence-electron chi connectivity index (χ3n) is 1.79. The van der Waals surface area contributed by atoms with Crippen LogP contribution in [0.15, 0.2) is 17.1 Å². The van der Waals surface area contributed by atoms with Crippen LogP contribution in [0.4, 0.5) is 5.13 Å². The Morgan fingerprint density at radius 1 is 1.40 bits per heavy atom. The van der Waals surface area contributed by atoms with Gasteiger partial charge in [-0.3, -0.25) is 4.99 Å². The maximum absolute atomic E-state index is 5.48. The zero-order valence-corrected chi connectivity index (χ0v) is 10.1. The van der Waals surface area contributed by atoms with Gasteiger partial charge >= 0.3 is 0 Å². The molecule has 2 rings (SSSR count). The van der Waals surface area contributed by atoms with Crippen LogP contribution in [0, 0.1) is 5.92 Å². The molecule has 5 heteroatoms. The van der Waals surface area contributed by atoms with Crippen LogP contribution in [0.25, 0.3) is 0 Å². The molecule has 1 aromatic heterocycles. The van der Waals surface area contributed by atoms with Gasteiger partial charge in [0.25, 0.3) is 0 Å². The van der Waals surface area contributed by atoms with Gasteiger partial charge in [0.15, 0.2) is 5.01 Å². The Bertz CT molecular complexity index is 367. The van der Waals surface area contributed by atoms with E-state index in [1.54, 1.807) is 0 Å². The van der Waals surface area contributed by atoms with E-state index in [1.165, 1.54) is 11.3 Å². The molecule has 0 saturated heterocycles. The minimum Gasteiger partial charge on any atom is -0.374 e. The second-order valence-corrected chi connectivity index (χ2v) is 4.02. The van der Waals surface area contributed by atoms with Gasteiger partial charge in [0.05, 0.1) is 5.71 Å². The predicted octanol–water partition coefficient (Wildman–Crippen LogP) is 2.14. The molecule has 2 N–H and O–H groups in total. The fraction of sp³-hybridized carbons (Fsp3) is 0.500. The summed E-state index contributed by atoms with van der Waals surface area (Å²) in [4.78, 5) is 4.38. The van der Waals surface area contributed by atoms with Gasteiger partial charge in [-0.25, -0.2) is 0 Å². The molecular formula is C10H16N4S. The van der Waals surface area contributed by atoms with Crippen molar-refractivity contribution in [1.82, 2.24) is 10.2 Å². The lowest BCUT2D eigenvalue weighted by atomic mass is 10.1. The Balaban J connectivity index is 0.000000531. The quantitative estimate of drug-likeness (QED) is 0.795. The third kappa shape index (κ3) is 3.13. The monoisotopic (exact) mass is 224 g/mol. The fourth-order valence-corrected chi connectivity index (χ4v) is 1.69. The number of hydrogen-bond donors (Lipinski definition) is 1. The highest BCUT2D eigenvalue weighted by Crippen LogP contribution is 2.16. The molecule has 0 bridgehead atoms. The first kappa shape index (κ1) is 11.8. The Hall–Kier alpha value is -1.23. The van der Waals surface area contributed by atoms with E-state index in [-0.39, 0.29) is 0 Å². The summed E-state index contributed by atoms with van der Waals surface area (Å²) in [6.07, 6.45) is 4.11. The number of nitrogens with two attached hydrogens (primary N) is 1. The maximum Gasteiger partial charge on any atom is 0.203 e. The molecule has 1 aliphatic heterocycles. The number of hydrogen-bond acceptors (Lipinski definition) is 5. The van der Waals surface area contributed by atoms with E-state index in [9.17, 15) is 0 Å². The Morgan fingerprint density at radius 3 is 2.60 bits per heavy atom. The summed E-state index contributed by atoms with van der Waals surface area (Å²) in [5.41, 5.74) is 6.37. The van der Waals surface area contributed by atoms with E-state index >= 15 is 0 Å². The number of dihydropyridines is 1. The molecule has 1 unspecified atom stereocenters. The van der Waals surface area contributed by atoms with E-state index in [1.807, 2.05) is 19.9 Å². The van der Waals surface area contributed by atoms with Crippen molar-refractivity contribution in [2.24, 2.45) is 10.9 Å². The average Bonchev–Trinajstić information content (AvgIpc) is 2.69. The number of rotatable bonds is 1. The molecule has 0 amide bonds. The van der Waals surface area contributed by atoms with Crippen molar-refractivity contribution >= 4 is 22.2 Å². The number of nitrogens with zero attached hydrogens (tertiary/aromatic N) is 3. The van der Waals surface area contributed by atoms with Crippen molar-refractivity contribution in [2.45, 2.75) is 20.8 Å². The molecule has 0 radical (unpaired) electrons. The summed E-state index contributed by atoms with van der Waals surface area (Å²) in [5.74, 6) is 0.522. The van der Waals surface area contributed by atoms with Crippen LogP contribution < -0.4 is 5.73 Å². The lowest BCUT2D eigenvalue weighted by Gasteiger charge is -2.08. The van der Waals surface area contributed by atoms with Gasteiger partial charge in [0.2, 0.25) is 5.13 Å². The zero-order valence-electron chi connectivity index (χ0n) is 9.27. The highest BCUT2D eigenvalue weighted by atomic mass is 32.1. The van der Waals surface area contributed by atoms with Gasteiger partial charge in [-0.1, -0.05) is 38.2 Å². The molecule has 82 valence electrons. The minimum absolute atomic E-state index is 0.490. The molecule has 0 saturated carbocycles. The molecule has 1 aliphatic rings. The number of allylic oxidation sites excluding steroid dienone is 1. The van der Waals surface area contributed by atoms with Gasteiger partial charge in [0, 0.05) is 6.54 Å². The topological polar surface area (TPSA) is 64.2 Å². The summed E-state index contributed by atoms with van der Waals surface area (Å²) >= 11 is 1.37. The first-order valence-corrected chi connectivity index (χ1v) is 5.89. The molecular weight excluding hydrogens is 208 g/mol. The Kier molecular flexibility index (Phi) is 4.42. The third-order valence-corrected chi connectivity index (χ3v) is 2.57. The van der Waals surface area contributed by atoms with E-state index in [4.69, 9.17) is 5.73 Å². The highest BCUT2D eigenvalue weighted by molar-refractivity contribution is 7.17. The van der Waals surface area contributed by atoms with Crippen LogP contribution in [0.2, 0.25) is 0 Å². The first-order valence-electron chi connectivity index (χ1n) is 5.07. The summed E-state index contributed by atoms with van der Waals surface area (Å²) in [7, 11) is 0. The van der Waals surface area contributed by atoms with Crippen molar-refractivity contribution in [1.29, 1.82) is 0 Å². The van der Waals surface area contributed by atoms with Crippen LogP contribution in [-0.4, -0.2) is 22.5 Å². The molecule has 2 heterocycles. The lowest BCUT2D eigenvalue weighted by molar-refractivity contribution is 0.734. The standard InChI is InChI=1S/C8H10N4S.C2H6/c1-5-2-3-6(10-4-5)7-11-12-8(9)13-7;1-2/h2-3,5H,4H2,1H3,(H2,9,12);1-2H3. The van der Waals surface area contributed by atoms with E-state index in [2.05, 4.69) is 28.2 Å². The van der Waals surface area contributed by atoms with Crippen LogP contribution >= 0.6 is 11.3 Å². The van der Waals surface area contributed by atoms with Crippen LogP contribution in [-0.2, 0) is 0 Å². The highest BCUT2D eigenvalue weighted by Gasteiger charge is 2.10. The van der Waals surface area contributed by atoms with Gasteiger partial charge < -0.3 is 5.73 Å². The lowest BCUT2D eigenvalue weighted by Crippen LogP contribution is -2.07. The van der Waals surface area contributed by atoms with Crippen molar-refractivity contribution in [3.63, 3.8) is 0 Å². The van der Waals surface area contributed by atoms with Crippen LogP contribution in [0.5, 0.6) is 0 Å². The van der Waals surface area contributed by atoms with Crippen LogP contribution in [0.1, 0.15) is 25.8 Å². The molecule has 0 spiro atoms. The molecule has 4 nitrogen and oxygen atoms in total. The summed E-state index contributed by atoms with van der Waals surface area (Å²) in [6.45, 7) is 6.95. The normalized spacial score (nSPS) is 19.1. The average molecular weight is 224 g/mol. The maximum atomic E-state index is 5.48. The summed E-state index contributed by atoms with van der Waals surface area (Å²) < 4.78 is 0. The fourth-order valence-electron chi connectivity index (χ4n) is 1.09. The van der Waals surface area contributed by atoms with E-state index in [0.717, 1.165) is 17.3 Å². The van der Waals surface area contributed by atoms with Gasteiger partial charge in [-0.2, -0.15) is 0 Å². The molecule has 1 atom stereocenters. The minimum atomic E-state index is 0.490. The zero-order chi connectivity index (χ0) is 11.3. The second-order valence-electron chi connectivity index (χ2n) is 3.01. The Labute approximate surface area is 93.9 Å². The molecule has 0 aromatic carbocycles.